The molecule has 0 aliphatic heterocycles. The Morgan fingerprint density at radius 2 is 1.78 bits per heavy atom. The van der Waals surface area contributed by atoms with E-state index in [1.54, 1.807) is 0 Å². The molecule has 0 aliphatic carbocycles. The predicted octanol–water partition coefficient (Wildman–Crippen LogP) is 3.33. The van der Waals surface area contributed by atoms with E-state index in [1.165, 1.54) is 9.87 Å². The highest BCUT2D eigenvalue weighted by atomic mass is 32.2. The van der Waals surface area contributed by atoms with Crippen molar-refractivity contribution in [3.63, 3.8) is 0 Å². The van der Waals surface area contributed by atoms with Crippen molar-refractivity contribution in [2.75, 3.05) is 12.8 Å². The van der Waals surface area contributed by atoms with E-state index in [4.69, 9.17) is 0 Å². The van der Waals surface area contributed by atoms with Crippen molar-refractivity contribution < 1.29 is 13.2 Å². The molecule has 146 valence electrons. The van der Waals surface area contributed by atoms with Crippen LogP contribution >= 0.6 is 0 Å². The van der Waals surface area contributed by atoms with Crippen molar-refractivity contribution in [1.29, 1.82) is 0 Å². The highest BCUT2D eigenvalue weighted by Gasteiger charge is 2.22. The summed E-state index contributed by atoms with van der Waals surface area (Å²) >= 11 is 0. The molecule has 2 aromatic rings. The molecule has 0 radical (unpaired) electrons. The quantitative estimate of drug-likeness (QED) is 0.754. The second kappa shape index (κ2) is 9.15. The topological polar surface area (TPSA) is 66.5 Å². The van der Waals surface area contributed by atoms with Gasteiger partial charge in [0.05, 0.1) is 18.8 Å². The van der Waals surface area contributed by atoms with Gasteiger partial charge >= 0.3 is 0 Å². The Balaban J connectivity index is 2.12. The summed E-state index contributed by atoms with van der Waals surface area (Å²) in [5.74, 6) is -0.303. The van der Waals surface area contributed by atoms with E-state index in [0.717, 1.165) is 29.4 Å². The molecule has 0 fully saturated rings. The van der Waals surface area contributed by atoms with Crippen LogP contribution in [0.4, 0.5) is 0 Å². The summed E-state index contributed by atoms with van der Waals surface area (Å²) in [7, 11) is -3.51. The lowest BCUT2D eigenvalue weighted by Gasteiger charge is -2.23. The van der Waals surface area contributed by atoms with Crippen LogP contribution in [0.5, 0.6) is 0 Å². The van der Waals surface area contributed by atoms with E-state index in [0.29, 0.717) is 0 Å². The molecule has 2 rings (SSSR count). The largest absolute Gasteiger partial charge is 0.348 e. The number of aryl methyl sites for hydroxylation is 2. The molecular formula is C21H28N2O3S. The van der Waals surface area contributed by atoms with E-state index < -0.39 is 10.0 Å². The number of hydrogen-bond donors (Lipinski definition) is 1. The first-order chi connectivity index (χ1) is 12.7. The van der Waals surface area contributed by atoms with E-state index >= 15 is 0 Å². The molecule has 1 N–H and O–H groups in total. The molecule has 0 spiro atoms. The van der Waals surface area contributed by atoms with Crippen molar-refractivity contribution in [2.45, 2.75) is 39.8 Å². The Morgan fingerprint density at radius 3 is 2.33 bits per heavy atom. The zero-order valence-electron chi connectivity index (χ0n) is 16.4. The maximum absolute atomic E-state index is 12.6. The van der Waals surface area contributed by atoms with Crippen molar-refractivity contribution in [3.05, 3.63) is 70.8 Å². The smallest absolute Gasteiger partial charge is 0.235 e. The summed E-state index contributed by atoms with van der Waals surface area (Å²) in [6, 6.07) is 15.3. The number of nitrogens with zero attached hydrogens (tertiary/aromatic N) is 1. The van der Waals surface area contributed by atoms with Crippen LogP contribution in [-0.4, -0.2) is 31.4 Å². The molecular weight excluding hydrogens is 360 g/mol. The van der Waals surface area contributed by atoms with Crippen LogP contribution in [0.1, 0.15) is 41.6 Å². The summed E-state index contributed by atoms with van der Waals surface area (Å²) in [5, 5.41) is 2.99. The first-order valence-corrected chi connectivity index (χ1v) is 10.9. The lowest BCUT2D eigenvalue weighted by Crippen LogP contribution is -2.41. The van der Waals surface area contributed by atoms with Gasteiger partial charge in [-0.15, -0.1) is 0 Å². The van der Waals surface area contributed by atoms with Crippen molar-refractivity contribution in [2.24, 2.45) is 0 Å². The first kappa shape index (κ1) is 21.1. The molecule has 0 saturated heterocycles. The number of amides is 1. The predicted molar refractivity (Wildman–Crippen MR) is 109 cm³/mol. The van der Waals surface area contributed by atoms with Crippen LogP contribution in [0.15, 0.2) is 48.5 Å². The SMILES string of the molecule is CC[C@@H](NC(=O)CN(Cc1ccccc1)S(C)(=O)=O)c1ccc(C)cc1C. The maximum Gasteiger partial charge on any atom is 0.235 e. The Bertz CT molecular complexity index is 880. The first-order valence-electron chi connectivity index (χ1n) is 9.06. The van der Waals surface area contributed by atoms with Gasteiger partial charge in [-0.2, -0.15) is 4.31 Å². The molecule has 0 bridgehead atoms. The monoisotopic (exact) mass is 388 g/mol. The highest BCUT2D eigenvalue weighted by Crippen LogP contribution is 2.21. The third kappa shape index (κ3) is 6.19. The molecule has 0 heterocycles. The van der Waals surface area contributed by atoms with E-state index in [1.807, 2.05) is 63.2 Å². The molecule has 6 heteroatoms. The van der Waals surface area contributed by atoms with Gasteiger partial charge in [0.25, 0.3) is 0 Å². The highest BCUT2D eigenvalue weighted by molar-refractivity contribution is 7.88. The molecule has 0 aromatic heterocycles. The number of rotatable bonds is 8. The number of sulfonamides is 1. The van der Waals surface area contributed by atoms with Gasteiger partial charge in [-0.1, -0.05) is 61.0 Å². The summed E-state index contributed by atoms with van der Waals surface area (Å²) in [5.41, 5.74) is 4.19. The zero-order chi connectivity index (χ0) is 20.0. The van der Waals surface area contributed by atoms with Crippen molar-refractivity contribution >= 4 is 15.9 Å². The Kier molecular flexibility index (Phi) is 7.16. The second-order valence-electron chi connectivity index (χ2n) is 6.91. The van der Waals surface area contributed by atoms with Gasteiger partial charge in [0.15, 0.2) is 0 Å². The summed E-state index contributed by atoms with van der Waals surface area (Å²) in [6.07, 6.45) is 1.86. The normalized spacial score (nSPS) is 12.8. The fourth-order valence-electron chi connectivity index (χ4n) is 3.09. The molecule has 27 heavy (non-hydrogen) atoms. The van der Waals surface area contributed by atoms with Gasteiger partial charge in [0.1, 0.15) is 0 Å². The average Bonchev–Trinajstić information content (AvgIpc) is 2.60. The standard InChI is InChI=1S/C21H28N2O3S/c1-5-20(19-12-11-16(2)13-17(19)3)22-21(24)15-23(27(4,25)26)14-18-9-7-6-8-10-18/h6-13,20H,5,14-15H2,1-4H3,(H,22,24)/t20-/m1/s1. The van der Waals surface area contributed by atoms with Crippen LogP contribution in [-0.2, 0) is 21.4 Å². The Hall–Kier alpha value is -2.18. The molecule has 5 nitrogen and oxygen atoms in total. The van der Waals surface area contributed by atoms with Crippen LogP contribution in [0.3, 0.4) is 0 Å². The summed E-state index contributed by atoms with van der Waals surface area (Å²) in [4.78, 5) is 12.6. The van der Waals surface area contributed by atoms with Crippen LogP contribution in [0, 0.1) is 13.8 Å². The molecule has 0 aliphatic rings. The van der Waals surface area contributed by atoms with E-state index in [-0.39, 0.29) is 25.0 Å². The lowest BCUT2D eigenvalue weighted by atomic mass is 9.97. The van der Waals surface area contributed by atoms with Gasteiger partial charge in [0, 0.05) is 6.54 Å². The number of nitrogens with one attached hydrogen (secondary N) is 1. The maximum atomic E-state index is 12.6. The minimum absolute atomic E-state index is 0.142. The fraction of sp³-hybridized carbons (Fsp3) is 0.381. The third-order valence-corrected chi connectivity index (χ3v) is 5.73. The Morgan fingerprint density at radius 1 is 1.11 bits per heavy atom. The van der Waals surface area contributed by atoms with Crippen molar-refractivity contribution in [1.82, 2.24) is 9.62 Å². The number of carbonyl (C=O) groups excluding carboxylic acids is 1. The second-order valence-corrected chi connectivity index (χ2v) is 8.89. The van der Waals surface area contributed by atoms with Crippen LogP contribution < -0.4 is 5.32 Å². The molecule has 1 amide bonds. The van der Waals surface area contributed by atoms with E-state index in [9.17, 15) is 13.2 Å². The van der Waals surface area contributed by atoms with Gasteiger partial charge in [-0.25, -0.2) is 8.42 Å². The molecule has 2 aromatic carbocycles. The van der Waals surface area contributed by atoms with Crippen molar-refractivity contribution in [3.8, 4) is 0 Å². The van der Waals surface area contributed by atoms with Gasteiger partial charge in [0.2, 0.25) is 15.9 Å². The average molecular weight is 389 g/mol. The zero-order valence-corrected chi connectivity index (χ0v) is 17.2. The van der Waals surface area contributed by atoms with Gasteiger partial charge in [-0.3, -0.25) is 4.79 Å². The summed E-state index contributed by atoms with van der Waals surface area (Å²) < 4.78 is 25.5. The molecule has 0 unspecified atom stereocenters. The van der Waals surface area contributed by atoms with Gasteiger partial charge in [-0.05, 0) is 37.0 Å². The minimum atomic E-state index is -3.51. The molecule has 0 saturated carbocycles. The third-order valence-electron chi connectivity index (χ3n) is 4.53. The Labute approximate surface area is 162 Å². The fourth-order valence-corrected chi connectivity index (χ4v) is 3.83. The molecule has 1 atom stereocenters. The van der Waals surface area contributed by atoms with Crippen LogP contribution in [0.25, 0.3) is 0 Å². The van der Waals surface area contributed by atoms with E-state index in [2.05, 4.69) is 11.4 Å². The number of hydrogen-bond acceptors (Lipinski definition) is 3. The van der Waals surface area contributed by atoms with Gasteiger partial charge < -0.3 is 5.32 Å². The number of benzene rings is 2. The minimum Gasteiger partial charge on any atom is -0.348 e. The van der Waals surface area contributed by atoms with Crippen LogP contribution in [0.2, 0.25) is 0 Å². The number of carbonyl (C=O) groups is 1. The summed E-state index contributed by atoms with van der Waals surface area (Å²) in [6.45, 7) is 6.03. The lowest BCUT2D eigenvalue weighted by molar-refractivity contribution is -0.122.